The van der Waals surface area contributed by atoms with Gasteiger partial charge in [0.25, 0.3) is 5.56 Å². The third-order valence-electron chi connectivity index (χ3n) is 6.27. The number of amides is 1. The molecule has 34 heavy (non-hydrogen) atoms. The zero-order chi connectivity index (χ0) is 23.3. The number of benzene rings is 3. The molecular weight excluding hydrogens is 426 g/mol. The quantitative estimate of drug-likeness (QED) is 0.454. The number of carbonyl (C=O) groups excluding carboxylic acids is 1. The van der Waals surface area contributed by atoms with Crippen LogP contribution in [-0.4, -0.2) is 40.0 Å². The van der Waals surface area contributed by atoms with Crippen LogP contribution < -0.4 is 5.56 Å². The summed E-state index contributed by atoms with van der Waals surface area (Å²) >= 11 is 0. The van der Waals surface area contributed by atoms with Gasteiger partial charge in [-0.25, -0.2) is 4.98 Å². The SMILES string of the molecule is O=C(C(c1ccccc1)c1ccccc1)N(Cc1nc2ccccc2c(=O)[nH]1)C[C@@H]1CCCO1. The van der Waals surface area contributed by atoms with E-state index in [1.807, 2.05) is 78.9 Å². The Hall–Kier alpha value is -3.77. The van der Waals surface area contributed by atoms with Crippen molar-refractivity contribution in [1.82, 2.24) is 14.9 Å². The summed E-state index contributed by atoms with van der Waals surface area (Å²) in [6.45, 7) is 1.36. The van der Waals surface area contributed by atoms with Crippen LogP contribution in [0.2, 0.25) is 0 Å². The fourth-order valence-electron chi connectivity index (χ4n) is 4.61. The lowest BCUT2D eigenvalue weighted by molar-refractivity contribution is -0.134. The second-order valence-corrected chi connectivity index (χ2v) is 8.64. The smallest absolute Gasteiger partial charge is 0.258 e. The molecule has 0 spiro atoms. The highest BCUT2D eigenvalue weighted by Gasteiger charge is 2.30. The Labute approximate surface area is 198 Å². The van der Waals surface area contributed by atoms with Gasteiger partial charge in [0.05, 0.1) is 29.5 Å². The van der Waals surface area contributed by atoms with Crippen molar-refractivity contribution in [3.05, 3.63) is 112 Å². The van der Waals surface area contributed by atoms with Crippen molar-refractivity contribution in [2.24, 2.45) is 0 Å². The van der Waals surface area contributed by atoms with Crippen LogP contribution in [0.1, 0.15) is 35.7 Å². The first-order valence-corrected chi connectivity index (χ1v) is 11.7. The molecule has 0 bridgehead atoms. The molecular formula is C28H27N3O3. The van der Waals surface area contributed by atoms with E-state index in [1.54, 1.807) is 11.0 Å². The summed E-state index contributed by atoms with van der Waals surface area (Å²) in [5.74, 6) is -0.0328. The fraction of sp³-hybridized carbons (Fsp3) is 0.250. The van der Waals surface area contributed by atoms with Gasteiger partial charge in [-0.3, -0.25) is 9.59 Å². The van der Waals surface area contributed by atoms with Gasteiger partial charge in [-0.15, -0.1) is 0 Å². The van der Waals surface area contributed by atoms with Crippen LogP contribution in [0.3, 0.4) is 0 Å². The van der Waals surface area contributed by atoms with Crippen LogP contribution in [0.5, 0.6) is 0 Å². The molecule has 4 aromatic rings. The Balaban J connectivity index is 1.52. The van der Waals surface area contributed by atoms with E-state index in [1.165, 1.54) is 0 Å². The van der Waals surface area contributed by atoms with Gasteiger partial charge in [0, 0.05) is 13.2 Å². The number of nitrogens with one attached hydrogen (secondary N) is 1. The summed E-state index contributed by atoms with van der Waals surface area (Å²) in [6.07, 6.45) is 1.87. The van der Waals surface area contributed by atoms with E-state index in [-0.39, 0.29) is 24.1 Å². The highest BCUT2D eigenvalue weighted by atomic mass is 16.5. The lowest BCUT2D eigenvalue weighted by Gasteiger charge is -2.29. The van der Waals surface area contributed by atoms with E-state index >= 15 is 0 Å². The van der Waals surface area contributed by atoms with E-state index < -0.39 is 5.92 Å². The molecule has 6 nitrogen and oxygen atoms in total. The maximum atomic E-state index is 14.1. The van der Waals surface area contributed by atoms with Crippen molar-refractivity contribution in [2.45, 2.75) is 31.4 Å². The average Bonchev–Trinajstić information content (AvgIpc) is 3.38. The molecule has 0 unspecified atom stereocenters. The number of ether oxygens (including phenoxy) is 1. The van der Waals surface area contributed by atoms with Crippen molar-refractivity contribution in [2.75, 3.05) is 13.2 Å². The number of fused-ring (bicyclic) bond motifs is 1. The number of aromatic amines is 1. The first kappa shape index (κ1) is 22.0. The van der Waals surface area contributed by atoms with Crippen LogP contribution in [0, 0.1) is 0 Å². The highest BCUT2D eigenvalue weighted by molar-refractivity contribution is 5.87. The van der Waals surface area contributed by atoms with Crippen LogP contribution >= 0.6 is 0 Å². The summed E-state index contributed by atoms with van der Waals surface area (Å²) in [7, 11) is 0. The molecule has 1 aromatic heterocycles. The van der Waals surface area contributed by atoms with Gasteiger partial charge >= 0.3 is 0 Å². The summed E-state index contributed by atoms with van der Waals surface area (Å²) in [5, 5.41) is 0.537. The molecule has 0 radical (unpaired) electrons. The summed E-state index contributed by atoms with van der Waals surface area (Å²) in [4.78, 5) is 36.1. The molecule has 1 aliphatic rings. The molecule has 1 saturated heterocycles. The summed E-state index contributed by atoms with van der Waals surface area (Å²) < 4.78 is 5.87. The van der Waals surface area contributed by atoms with Crippen molar-refractivity contribution >= 4 is 16.8 Å². The number of hydrogen-bond acceptors (Lipinski definition) is 4. The molecule has 0 aliphatic carbocycles. The Bertz CT molecular complexity index is 1280. The van der Waals surface area contributed by atoms with Gasteiger partial charge in [0.15, 0.2) is 0 Å². The second-order valence-electron chi connectivity index (χ2n) is 8.64. The Morgan fingerprint density at radius 1 is 0.971 bits per heavy atom. The fourth-order valence-corrected chi connectivity index (χ4v) is 4.61. The van der Waals surface area contributed by atoms with Crippen LogP contribution in [0.25, 0.3) is 10.9 Å². The standard InChI is InChI=1S/C28H27N3O3/c32-27-23-15-7-8-16-24(23)29-25(30-27)19-31(18-22-14-9-17-34-22)28(33)26(20-10-3-1-4-11-20)21-12-5-2-6-13-21/h1-8,10-13,15-16,22,26H,9,14,17-19H2,(H,29,30,32)/t22-/m0/s1. The molecule has 1 amide bonds. The highest BCUT2D eigenvalue weighted by Crippen LogP contribution is 2.28. The van der Waals surface area contributed by atoms with Crippen molar-refractivity contribution in [3.63, 3.8) is 0 Å². The van der Waals surface area contributed by atoms with Gasteiger partial charge in [0.2, 0.25) is 5.91 Å². The third kappa shape index (κ3) is 4.77. The maximum absolute atomic E-state index is 14.1. The van der Waals surface area contributed by atoms with E-state index in [9.17, 15) is 9.59 Å². The van der Waals surface area contributed by atoms with Crippen molar-refractivity contribution in [1.29, 1.82) is 0 Å². The van der Waals surface area contributed by atoms with Gasteiger partial charge in [-0.1, -0.05) is 72.8 Å². The average molecular weight is 454 g/mol. The first-order valence-electron chi connectivity index (χ1n) is 11.7. The van der Waals surface area contributed by atoms with E-state index in [2.05, 4.69) is 9.97 Å². The topological polar surface area (TPSA) is 75.3 Å². The lowest BCUT2D eigenvalue weighted by atomic mass is 9.90. The number of carbonyl (C=O) groups is 1. The molecule has 5 rings (SSSR count). The van der Waals surface area contributed by atoms with Gasteiger partial charge < -0.3 is 14.6 Å². The molecule has 1 atom stereocenters. The number of rotatable bonds is 7. The summed E-state index contributed by atoms with van der Waals surface area (Å²) in [6, 6.07) is 26.9. The normalized spacial score (nSPS) is 15.6. The van der Waals surface area contributed by atoms with Crippen LogP contribution in [0.4, 0.5) is 0 Å². The van der Waals surface area contributed by atoms with Gasteiger partial charge in [-0.05, 0) is 36.1 Å². The minimum Gasteiger partial charge on any atom is -0.376 e. The molecule has 172 valence electrons. The predicted octanol–water partition coefficient (Wildman–Crippen LogP) is 4.26. The largest absolute Gasteiger partial charge is 0.376 e. The minimum atomic E-state index is -0.462. The van der Waals surface area contributed by atoms with Crippen LogP contribution in [-0.2, 0) is 16.1 Å². The van der Waals surface area contributed by atoms with Crippen molar-refractivity contribution in [3.8, 4) is 0 Å². The number of H-pyrrole nitrogens is 1. The molecule has 0 saturated carbocycles. The molecule has 6 heteroatoms. The molecule has 2 heterocycles. The first-order chi connectivity index (χ1) is 16.7. The molecule has 3 aromatic carbocycles. The number of hydrogen-bond donors (Lipinski definition) is 1. The summed E-state index contributed by atoms with van der Waals surface area (Å²) in [5.41, 5.74) is 2.27. The zero-order valence-electron chi connectivity index (χ0n) is 18.9. The molecule has 1 fully saturated rings. The van der Waals surface area contributed by atoms with E-state index in [0.717, 1.165) is 24.0 Å². The number of aromatic nitrogens is 2. The number of para-hydroxylation sites is 1. The maximum Gasteiger partial charge on any atom is 0.258 e. The van der Waals surface area contributed by atoms with Gasteiger partial charge in [0.1, 0.15) is 5.82 Å². The van der Waals surface area contributed by atoms with Crippen molar-refractivity contribution < 1.29 is 9.53 Å². The van der Waals surface area contributed by atoms with Gasteiger partial charge in [-0.2, -0.15) is 0 Å². The Morgan fingerprint density at radius 3 is 2.26 bits per heavy atom. The third-order valence-corrected chi connectivity index (χ3v) is 6.27. The van der Waals surface area contributed by atoms with Crippen LogP contribution in [0.15, 0.2) is 89.7 Å². The molecule has 1 aliphatic heterocycles. The second kappa shape index (κ2) is 10.0. The molecule has 1 N–H and O–H groups in total. The minimum absolute atomic E-state index is 0.0247. The monoisotopic (exact) mass is 453 g/mol. The zero-order valence-corrected chi connectivity index (χ0v) is 18.9. The van der Waals surface area contributed by atoms with E-state index in [4.69, 9.17) is 4.74 Å². The Kier molecular flexibility index (Phi) is 6.49. The predicted molar refractivity (Wildman–Crippen MR) is 131 cm³/mol. The Morgan fingerprint density at radius 2 is 1.62 bits per heavy atom. The van der Waals surface area contributed by atoms with E-state index in [0.29, 0.717) is 29.9 Å². The number of nitrogens with zero attached hydrogens (tertiary/aromatic N) is 2. The lowest BCUT2D eigenvalue weighted by Crippen LogP contribution is -2.40.